The van der Waals surface area contributed by atoms with Crippen molar-refractivity contribution in [2.24, 2.45) is 5.92 Å². The maximum absolute atomic E-state index is 9.81. The third-order valence-electron chi connectivity index (χ3n) is 4.42. The van der Waals surface area contributed by atoms with Gasteiger partial charge in [0.2, 0.25) is 0 Å². The normalized spacial score (nSPS) is 20.3. The summed E-state index contributed by atoms with van der Waals surface area (Å²) in [7, 11) is 0. The van der Waals surface area contributed by atoms with Crippen LogP contribution in [0, 0.1) is 12.8 Å². The molecule has 2 atom stereocenters. The first-order chi connectivity index (χ1) is 10.7. The van der Waals surface area contributed by atoms with Crippen molar-refractivity contribution in [3.8, 4) is 11.1 Å². The number of halogens is 1. The van der Waals surface area contributed by atoms with Gasteiger partial charge in [-0.15, -0.1) is 12.4 Å². The van der Waals surface area contributed by atoms with Gasteiger partial charge in [0.1, 0.15) is 0 Å². The lowest BCUT2D eigenvalue weighted by molar-refractivity contribution is 0.146. The summed E-state index contributed by atoms with van der Waals surface area (Å²) in [5.41, 5.74) is 5.13. The Labute approximate surface area is 144 Å². The van der Waals surface area contributed by atoms with E-state index in [0.29, 0.717) is 5.92 Å². The van der Waals surface area contributed by atoms with Crippen molar-refractivity contribution >= 4 is 12.4 Å². The summed E-state index contributed by atoms with van der Waals surface area (Å²) in [6.45, 7) is 5.45. The van der Waals surface area contributed by atoms with Gasteiger partial charge in [-0.1, -0.05) is 42.5 Å². The predicted octanol–water partition coefficient (Wildman–Crippen LogP) is 2.75. The molecule has 2 unspecified atom stereocenters. The minimum atomic E-state index is -0.217. The quantitative estimate of drug-likeness (QED) is 0.789. The van der Waals surface area contributed by atoms with Gasteiger partial charge in [0.15, 0.2) is 0 Å². The SMILES string of the molecule is Cc1ccccc1-c1cccc(CNCC2CNCC2O)c1.Cl. The van der Waals surface area contributed by atoms with Crippen LogP contribution in [-0.2, 0) is 6.54 Å². The topological polar surface area (TPSA) is 44.3 Å². The second-order valence-electron chi connectivity index (χ2n) is 6.13. The van der Waals surface area contributed by atoms with Crippen LogP contribution in [0.4, 0.5) is 0 Å². The molecule has 1 aliphatic rings. The first-order valence-electron chi connectivity index (χ1n) is 7.98. The van der Waals surface area contributed by atoms with Crippen molar-refractivity contribution in [2.45, 2.75) is 19.6 Å². The lowest BCUT2D eigenvalue weighted by atomic mass is 9.99. The van der Waals surface area contributed by atoms with Crippen LogP contribution in [0.25, 0.3) is 11.1 Å². The molecule has 3 nitrogen and oxygen atoms in total. The Hall–Kier alpha value is -1.39. The van der Waals surface area contributed by atoms with Crippen molar-refractivity contribution in [3.63, 3.8) is 0 Å². The molecular formula is C19H25ClN2O. The van der Waals surface area contributed by atoms with Gasteiger partial charge in [0.05, 0.1) is 6.10 Å². The van der Waals surface area contributed by atoms with Crippen molar-refractivity contribution in [1.29, 1.82) is 0 Å². The number of aliphatic hydroxyl groups excluding tert-OH is 1. The Morgan fingerprint density at radius 1 is 1.13 bits per heavy atom. The lowest BCUT2D eigenvalue weighted by Crippen LogP contribution is -2.30. The summed E-state index contributed by atoms with van der Waals surface area (Å²) in [5.74, 6) is 0.319. The van der Waals surface area contributed by atoms with Crippen molar-refractivity contribution < 1.29 is 5.11 Å². The largest absolute Gasteiger partial charge is 0.391 e. The molecule has 0 amide bonds. The number of hydrogen-bond donors (Lipinski definition) is 3. The van der Waals surface area contributed by atoms with E-state index in [1.54, 1.807) is 0 Å². The van der Waals surface area contributed by atoms with E-state index in [0.717, 1.165) is 26.2 Å². The summed E-state index contributed by atoms with van der Waals surface area (Å²) >= 11 is 0. The van der Waals surface area contributed by atoms with Crippen LogP contribution in [0.2, 0.25) is 0 Å². The van der Waals surface area contributed by atoms with Crippen LogP contribution in [0.5, 0.6) is 0 Å². The van der Waals surface area contributed by atoms with Gasteiger partial charge < -0.3 is 15.7 Å². The van der Waals surface area contributed by atoms with Crippen molar-refractivity contribution in [1.82, 2.24) is 10.6 Å². The van der Waals surface area contributed by atoms with E-state index in [9.17, 15) is 5.11 Å². The van der Waals surface area contributed by atoms with Gasteiger partial charge in [0, 0.05) is 32.1 Å². The van der Waals surface area contributed by atoms with Gasteiger partial charge in [-0.05, 0) is 35.2 Å². The van der Waals surface area contributed by atoms with E-state index >= 15 is 0 Å². The zero-order chi connectivity index (χ0) is 15.4. The Kier molecular flexibility index (Phi) is 6.60. The molecule has 0 aromatic heterocycles. The smallest absolute Gasteiger partial charge is 0.0716 e. The molecule has 2 aromatic carbocycles. The van der Waals surface area contributed by atoms with E-state index in [1.165, 1.54) is 22.3 Å². The molecule has 0 bridgehead atoms. The van der Waals surface area contributed by atoms with Gasteiger partial charge in [0.25, 0.3) is 0 Å². The number of rotatable bonds is 5. The van der Waals surface area contributed by atoms with E-state index in [1.807, 2.05) is 0 Å². The third-order valence-corrected chi connectivity index (χ3v) is 4.42. The fourth-order valence-corrected chi connectivity index (χ4v) is 3.08. The summed E-state index contributed by atoms with van der Waals surface area (Å²) in [6.07, 6.45) is -0.217. The second kappa shape index (κ2) is 8.46. The van der Waals surface area contributed by atoms with Crippen LogP contribution in [0.1, 0.15) is 11.1 Å². The van der Waals surface area contributed by atoms with Crippen LogP contribution in [-0.4, -0.2) is 30.8 Å². The molecule has 0 aliphatic carbocycles. The fourth-order valence-electron chi connectivity index (χ4n) is 3.08. The highest BCUT2D eigenvalue weighted by molar-refractivity contribution is 5.85. The zero-order valence-electron chi connectivity index (χ0n) is 13.5. The molecule has 0 saturated carbocycles. The summed E-state index contributed by atoms with van der Waals surface area (Å²) < 4.78 is 0. The molecule has 1 heterocycles. The molecule has 1 aliphatic heterocycles. The molecule has 23 heavy (non-hydrogen) atoms. The Balaban J connectivity index is 0.00000192. The Morgan fingerprint density at radius 3 is 2.70 bits per heavy atom. The van der Waals surface area contributed by atoms with Crippen molar-refractivity contribution in [3.05, 3.63) is 59.7 Å². The van der Waals surface area contributed by atoms with Crippen LogP contribution >= 0.6 is 12.4 Å². The Bertz CT molecular complexity index is 632. The highest BCUT2D eigenvalue weighted by atomic mass is 35.5. The van der Waals surface area contributed by atoms with Crippen LogP contribution in [0.15, 0.2) is 48.5 Å². The summed E-state index contributed by atoms with van der Waals surface area (Å²) in [4.78, 5) is 0. The number of hydrogen-bond acceptors (Lipinski definition) is 3. The van der Waals surface area contributed by atoms with Gasteiger partial charge >= 0.3 is 0 Å². The zero-order valence-corrected chi connectivity index (χ0v) is 14.3. The molecule has 4 heteroatoms. The number of aryl methyl sites for hydroxylation is 1. The number of β-amino-alcohol motifs (C(OH)–C–C–N with tert-alkyl or cyclic N) is 1. The first-order valence-corrected chi connectivity index (χ1v) is 7.98. The molecular weight excluding hydrogens is 308 g/mol. The maximum atomic E-state index is 9.81. The molecule has 2 aromatic rings. The highest BCUT2D eigenvalue weighted by Gasteiger charge is 2.23. The number of aliphatic hydroxyl groups is 1. The first kappa shape index (κ1) is 18.0. The van der Waals surface area contributed by atoms with E-state index in [2.05, 4.69) is 66.1 Å². The highest BCUT2D eigenvalue weighted by Crippen LogP contribution is 2.23. The standard InChI is InChI=1S/C19H24N2O.ClH/c1-14-5-2-3-8-18(14)16-7-4-6-15(9-16)10-20-11-17-12-21-13-19(17)22;/h2-9,17,19-22H,10-13H2,1H3;1H. The minimum Gasteiger partial charge on any atom is -0.391 e. The summed E-state index contributed by atoms with van der Waals surface area (Å²) in [6, 6.07) is 17.2. The van der Waals surface area contributed by atoms with Crippen LogP contribution < -0.4 is 10.6 Å². The van der Waals surface area contributed by atoms with Crippen LogP contribution in [0.3, 0.4) is 0 Å². The summed E-state index contributed by atoms with van der Waals surface area (Å²) in [5, 5.41) is 16.5. The number of nitrogens with one attached hydrogen (secondary N) is 2. The molecule has 1 saturated heterocycles. The Morgan fingerprint density at radius 2 is 1.96 bits per heavy atom. The van der Waals surface area contributed by atoms with Gasteiger partial charge in [-0.2, -0.15) is 0 Å². The molecule has 0 radical (unpaired) electrons. The minimum absolute atomic E-state index is 0. The van der Waals surface area contributed by atoms with E-state index in [4.69, 9.17) is 0 Å². The lowest BCUT2D eigenvalue weighted by Gasteiger charge is -2.14. The fraction of sp³-hybridized carbons (Fsp3) is 0.368. The molecule has 1 fully saturated rings. The van der Waals surface area contributed by atoms with Crippen molar-refractivity contribution in [2.75, 3.05) is 19.6 Å². The van der Waals surface area contributed by atoms with E-state index in [-0.39, 0.29) is 18.5 Å². The van der Waals surface area contributed by atoms with Gasteiger partial charge in [-0.25, -0.2) is 0 Å². The third kappa shape index (κ3) is 4.55. The monoisotopic (exact) mass is 332 g/mol. The predicted molar refractivity (Wildman–Crippen MR) is 97.9 cm³/mol. The molecule has 124 valence electrons. The van der Waals surface area contributed by atoms with E-state index < -0.39 is 0 Å². The molecule has 3 rings (SSSR count). The number of benzene rings is 2. The second-order valence-corrected chi connectivity index (χ2v) is 6.13. The average Bonchev–Trinajstić information content (AvgIpc) is 2.93. The molecule has 3 N–H and O–H groups in total. The maximum Gasteiger partial charge on any atom is 0.0716 e. The molecule has 0 spiro atoms. The van der Waals surface area contributed by atoms with Gasteiger partial charge in [-0.3, -0.25) is 0 Å². The average molecular weight is 333 g/mol.